The molecule has 1 heterocycles. The lowest BCUT2D eigenvalue weighted by Crippen LogP contribution is -2.44. The zero-order valence-electron chi connectivity index (χ0n) is 13.2. The van der Waals surface area contributed by atoms with Gasteiger partial charge in [-0.1, -0.05) is 18.2 Å². The molecule has 0 unspecified atom stereocenters. The van der Waals surface area contributed by atoms with Crippen LogP contribution in [0.1, 0.15) is 10.4 Å². The molecule has 24 heavy (non-hydrogen) atoms. The van der Waals surface area contributed by atoms with Gasteiger partial charge in [-0.25, -0.2) is 8.42 Å². The lowest BCUT2D eigenvalue weighted by molar-refractivity contribution is -0.120. The second-order valence-corrected chi connectivity index (χ2v) is 7.31. The molecule has 0 atom stereocenters. The Labute approximate surface area is 141 Å². The third-order valence-electron chi connectivity index (χ3n) is 3.49. The molecule has 0 radical (unpaired) electrons. The molecule has 1 aromatic rings. The first-order valence-electron chi connectivity index (χ1n) is 7.64. The molecular formula is C15H21N3O5S. The molecule has 2 N–H and O–H groups in total. The second kappa shape index (κ2) is 8.76. The lowest BCUT2D eigenvalue weighted by atomic mass is 10.2. The average Bonchev–Trinajstić information content (AvgIpc) is 2.61. The third-order valence-corrected chi connectivity index (χ3v) is 5.36. The smallest absolute Gasteiger partial charge is 0.251 e. The van der Waals surface area contributed by atoms with Crippen molar-refractivity contribution < 1.29 is 22.7 Å². The number of nitrogens with zero attached hydrogens (tertiary/aromatic N) is 1. The summed E-state index contributed by atoms with van der Waals surface area (Å²) >= 11 is 0. The maximum atomic E-state index is 12.1. The van der Waals surface area contributed by atoms with Crippen LogP contribution in [0.5, 0.6) is 0 Å². The number of rotatable bonds is 7. The van der Waals surface area contributed by atoms with Crippen LogP contribution in [-0.2, 0) is 19.6 Å². The van der Waals surface area contributed by atoms with E-state index in [2.05, 4.69) is 10.6 Å². The Morgan fingerprint density at radius 1 is 1.08 bits per heavy atom. The van der Waals surface area contributed by atoms with Gasteiger partial charge in [0.05, 0.1) is 25.5 Å². The molecule has 2 amide bonds. The normalized spacial score (nSPS) is 15.7. The van der Waals surface area contributed by atoms with E-state index in [0.717, 1.165) is 0 Å². The highest BCUT2D eigenvalue weighted by Gasteiger charge is 2.23. The summed E-state index contributed by atoms with van der Waals surface area (Å²) in [5.74, 6) is -0.964. The molecule has 8 nitrogen and oxygen atoms in total. The van der Waals surface area contributed by atoms with Crippen molar-refractivity contribution in [3.05, 3.63) is 35.9 Å². The summed E-state index contributed by atoms with van der Waals surface area (Å²) in [7, 11) is -3.40. The number of hydrogen-bond donors (Lipinski definition) is 2. The SMILES string of the molecule is O=C(CNC(=O)c1ccccc1)NCCS(=O)(=O)N1CCOCC1. The summed E-state index contributed by atoms with van der Waals surface area (Å²) in [5.41, 5.74) is 0.459. The Kier molecular flexibility index (Phi) is 6.71. The summed E-state index contributed by atoms with van der Waals surface area (Å²) in [4.78, 5) is 23.5. The van der Waals surface area contributed by atoms with Gasteiger partial charge in [0.25, 0.3) is 5.91 Å². The van der Waals surface area contributed by atoms with Gasteiger partial charge in [-0.15, -0.1) is 0 Å². The number of sulfonamides is 1. The van der Waals surface area contributed by atoms with Gasteiger partial charge in [-0.05, 0) is 12.1 Å². The highest BCUT2D eigenvalue weighted by Crippen LogP contribution is 2.04. The van der Waals surface area contributed by atoms with Crippen LogP contribution in [0.15, 0.2) is 30.3 Å². The maximum absolute atomic E-state index is 12.1. The molecule has 132 valence electrons. The predicted molar refractivity (Wildman–Crippen MR) is 88.0 cm³/mol. The first-order valence-corrected chi connectivity index (χ1v) is 9.25. The van der Waals surface area contributed by atoms with Gasteiger partial charge in [-0.2, -0.15) is 4.31 Å². The van der Waals surface area contributed by atoms with Crippen LogP contribution in [0.4, 0.5) is 0 Å². The van der Waals surface area contributed by atoms with Gasteiger partial charge < -0.3 is 15.4 Å². The van der Waals surface area contributed by atoms with E-state index in [1.807, 2.05) is 0 Å². The molecule has 1 aromatic carbocycles. The minimum Gasteiger partial charge on any atom is -0.379 e. The minimum absolute atomic E-state index is 0.000267. The van der Waals surface area contributed by atoms with Crippen molar-refractivity contribution in [2.45, 2.75) is 0 Å². The Morgan fingerprint density at radius 3 is 2.42 bits per heavy atom. The van der Waals surface area contributed by atoms with Gasteiger partial charge in [0, 0.05) is 25.2 Å². The standard InChI is InChI=1S/C15H21N3O5S/c19-14(12-17-15(20)13-4-2-1-3-5-13)16-6-11-24(21,22)18-7-9-23-10-8-18/h1-5H,6-12H2,(H,16,19)(H,17,20). The van der Waals surface area contributed by atoms with Crippen LogP contribution in [0.2, 0.25) is 0 Å². The molecule has 0 bridgehead atoms. The van der Waals surface area contributed by atoms with Crippen molar-refractivity contribution in [1.82, 2.24) is 14.9 Å². The van der Waals surface area contributed by atoms with Crippen molar-refractivity contribution >= 4 is 21.8 Å². The third kappa shape index (κ3) is 5.59. The van der Waals surface area contributed by atoms with E-state index >= 15 is 0 Å². The second-order valence-electron chi connectivity index (χ2n) is 5.23. The molecule has 1 aliphatic heterocycles. The summed E-state index contributed by atoms with van der Waals surface area (Å²) < 4.78 is 30.6. The van der Waals surface area contributed by atoms with Crippen LogP contribution in [-0.4, -0.2) is 69.7 Å². The monoisotopic (exact) mass is 355 g/mol. The fourth-order valence-corrected chi connectivity index (χ4v) is 3.51. The number of hydrogen-bond acceptors (Lipinski definition) is 5. The maximum Gasteiger partial charge on any atom is 0.251 e. The van der Waals surface area contributed by atoms with Crippen molar-refractivity contribution in [1.29, 1.82) is 0 Å². The van der Waals surface area contributed by atoms with Crippen molar-refractivity contribution in [3.63, 3.8) is 0 Å². The van der Waals surface area contributed by atoms with Crippen LogP contribution >= 0.6 is 0 Å². The van der Waals surface area contributed by atoms with E-state index in [4.69, 9.17) is 4.74 Å². The van der Waals surface area contributed by atoms with E-state index in [1.54, 1.807) is 30.3 Å². The van der Waals surface area contributed by atoms with Gasteiger partial charge in [0.2, 0.25) is 15.9 Å². The Balaban J connectivity index is 1.68. The first kappa shape index (κ1) is 18.4. The van der Waals surface area contributed by atoms with Crippen molar-refractivity contribution in [2.24, 2.45) is 0 Å². The highest BCUT2D eigenvalue weighted by atomic mass is 32.2. The molecule has 1 fully saturated rings. The number of amides is 2. The number of benzene rings is 1. The largest absolute Gasteiger partial charge is 0.379 e. The topological polar surface area (TPSA) is 105 Å². The molecule has 0 saturated carbocycles. The molecule has 2 rings (SSSR count). The molecule has 0 spiro atoms. The molecular weight excluding hydrogens is 334 g/mol. The van der Waals surface area contributed by atoms with Crippen LogP contribution in [0.3, 0.4) is 0 Å². The van der Waals surface area contributed by atoms with Gasteiger partial charge in [0.15, 0.2) is 0 Å². The van der Waals surface area contributed by atoms with Crippen LogP contribution in [0.25, 0.3) is 0 Å². The molecule has 9 heteroatoms. The quantitative estimate of drug-likeness (QED) is 0.666. The van der Waals surface area contributed by atoms with E-state index in [-0.39, 0.29) is 24.7 Å². The Hall–Kier alpha value is -1.97. The number of carbonyl (C=O) groups is 2. The summed E-state index contributed by atoms with van der Waals surface area (Å²) in [6, 6.07) is 8.53. The lowest BCUT2D eigenvalue weighted by Gasteiger charge is -2.26. The fraction of sp³-hybridized carbons (Fsp3) is 0.467. The Morgan fingerprint density at radius 2 is 1.75 bits per heavy atom. The number of morpholine rings is 1. The fourth-order valence-electron chi connectivity index (χ4n) is 2.19. The summed E-state index contributed by atoms with van der Waals surface area (Å²) in [6.07, 6.45) is 0. The molecule has 0 aromatic heterocycles. The average molecular weight is 355 g/mol. The summed E-state index contributed by atoms with van der Waals surface area (Å²) in [5, 5.41) is 4.98. The van der Waals surface area contributed by atoms with E-state index in [9.17, 15) is 18.0 Å². The minimum atomic E-state index is -3.40. The predicted octanol–water partition coefficient (Wildman–Crippen LogP) is -0.805. The summed E-state index contributed by atoms with van der Waals surface area (Å²) in [6.45, 7) is 1.24. The van der Waals surface area contributed by atoms with Gasteiger partial charge >= 0.3 is 0 Å². The number of ether oxygens (including phenoxy) is 1. The number of carbonyl (C=O) groups excluding carboxylic acids is 2. The van der Waals surface area contributed by atoms with Crippen molar-refractivity contribution in [2.75, 3.05) is 45.1 Å². The molecule has 1 aliphatic rings. The van der Waals surface area contributed by atoms with E-state index in [1.165, 1.54) is 4.31 Å². The van der Waals surface area contributed by atoms with Crippen molar-refractivity contribution in [3.8, 4) is 0 Å². The van der Waals surface area contributed by atoms with E-state index < -0.39 is 15.9 Å². The van der Waals surface area contributed by atoms with Crippen LogP contribution in [0, 0.1) is 0 Å². The van der Waals surface area contributed by atoms with Crippen LogP contribution < -0.4 is 10.6 Å². The van der Waals surface area contributed by atoms with Gasteiger partial charge in [0.1, 0.15) is 0 Å². The zero-order valence-corrected chi connectivity index (χ0v) is 14.0. The highest BCUT2D eigenvalue weighted by molar-refractivity contribution is 7.89. The molecule has 1 saturated heterocycles. The molecule has 0 aliphatic carbocycles. The Bertz CT molecular complexity index is 657. The van der Waals surface area contributed by atoms with E-state index in [0.29, 0.717) is 31.9 Å². The van der Waals surface area contributed by atoms with Gasteiger partial charge in [-0.3, -0.25) is 9.59 Å². The first-order chi connectivity index (χ1) is 11.5. The zero-order chi connectivity index (χ0) is 17.4. The number of nitrogens with one attached hydrogen (secondary N) is 2.